The Kier molecular flexibility index (Phi) is 5.67. The van der Waals surface area contributed by atoms with Gasteiger partial charge in [0, 0.05) is 17.2 Å². The van der Waals surface area contributed by atoms with E-state index in [4.69, 9.17) is 10.1 Å². The summed E-state index contributed by atoms with van der Waals surface area (Å²) in [5.74, 6) is -0.0367. The van der Waals surface area contributed by atoms with Crippen molar-refractivity contribution in [2.75, 3.05) is 17.2 Å². The Morgan fingerprint density at radius 2 is 2.06 bits per heavy atom. The van der Waals surface area contributed by atoms with Crippen molar-refractivity contribution in [2.24, 2.45) is 4.99 Å². The second-order valence-electron chi connectivity index (χ2n) is 6.73. The van der Waals surface area contributed by atoms with Gasteiger partial charge >= 0.3 is 0 Å². The molecule has 10 heteroatoms. The molecule has 0 radical (unpaired) electrons. The highest BCUT2D eigenvalue weighted by Crippen LogP contribution is 2.37. The van der Waals surface area contributed by atoms with Crippen LogP contribution >= 0.6 is 0 Å². The van der Waals surface area contributed by atoms with E-state index in [1.807, 2.05) is 13.0 Å². The zero-order valence-electron chi connectivity index (χ0n) is 17.0. The van der Waals surface area contributed by atoms with Crippen LogP contribution in [0.3, 0.4) is 0 Å². The number of aromatic nitrogens is 3. The van der Waals surface area contributed by atoms with Gasteiger partial charge in [0.1, 0.15) is 18.2 Å². The number of aliphatic imine (C=N–C) groups is 1. The van der Waals surface area contributed by atoms with Gasteiger partial charge in [-0.25, -0.2) is 14.4 Å². The maximum absolute atomic E-state index is 13.1. The number of anilines is 4. The summed E-state index contributed by atoms with van der Waals surface area (Å²) in [7, 11) is 0. The molecule has 0 spiro atoms. The number of allylic oxidation sites excluding steroid dienone is 1. The molecule has 3 N–H and O–H groups in total. The van der Waals surface area contributed by atoms with Crippen LogP contribution in [0.2, 0.25) is 0 Å². The molecule has 2 aromatic heterocycles. The van der Waals surface area contributed by atoms with Crippen molar-refractivity contribution in [1.82, 2.24) is 15.2 Å². The lowest BCUT2D eigenvalue weighted by Gasteiger charge is -2.24. The number of hydrogen-bond acceptors (Lipinski definition) is 8. The number of hydrogen-bond donors (Lipinski definition) is 3. The summed E-state index contributed by atoms with van der Waals surface area (Å²) in [5, 5.41) is 22.4. The van der Waals surface area contributed by atoms with E-state index in [1.54, 1.807) is 24.3 Å². The van der Waals surface area contributed by atoms with Crippen LogP contribution < -0.4 is 15.4 Å². The fraction of sp³-hybridized carbons (Fsp3) is 0.0909. The Morgan fingerprint density at radius 3 is 2.78 bits per heavy atom. The third-order valence-electron chi connectivity index (χ3n) is 4.72. The normalized spacial score (nSPS) is 13.8. The smallest absolute Gasteiger partial charge is 0.299 e. The van der Waals surface area contributed by atoms with Crippen molar-refractivity contribution in [3.63, 3.8) is 0 Å². The number of ether oxygens (including phenoxy) is 1. The molecule has 0 saturated carbocycles. The van der Waals surface area contributed by atoms with Gasteiger partial charge in [-0.15, -0.1) is 10.2 Å². The first-order valence-corrected chi connectivity index (χ1v) is 9.55. The van der Waals surface area contributed by atoms with Gasteiger partial charge in [0.05, 0.1) is 23.3 Å². The Labute approximate surface area is 182 Å². The van der Waals surface area contributed by atoms with Crippen molar-refractivity contribution < 1.29 is 13.9 Å². The number of para-hydroxylation sites is 1. The lowest BCUT2D eigenvalue weighted by atomic mass is 9.98. The van der Waals surface area contributed by atoms with Gasteiger partial charge in [-0.1, -0.05) is 12.1 Å². The van der Waals surface area contributed by atoms with Crippen LogP contribution in [0.1, 0.15) is 23.0 Å². The SMILES string of the molecule is C=NC(=O)c1nnc(Nc2ccc(F)cn2)cc1Nc1cccc2c1OC/C(=C/C)C2=N. The molecule has 0 aliphatic carbocycles. The molecule has 1 aromatic carbocycles. The number of pyridine rings is 1. The van der Waals surface area contributed by atoms with Crippen LogP contribution in [-0.4, -0.2) is 40.1 Å². The zero-order valence-corrected chi connectivity index (χ0v) is 17.0. The average Bonchev–Trinajstić information content (AvgIpc) is 2.81. The first kappa shape index (κ1) is 20.8. The Balaban J connectivity index is 1.71. The number of rotatable bonds is 5. The Hall–Kier alpha value is -4.47. The first-order chi connectivity index (χ1) is 15.5. The summed E-state index contributed by atoms with van der Waals surface area (Å²) in [6.07, 6.45) is 2.90. The summed E-state index contributed by atoms with van der Waals surface area (Å²) < 4.78 is 19.0. The molecule has 0 saturated heterocycles. The number of amides is 1. The number of carbonyl (C=O) groups is 1. The summed E-state index contributed by atoms with van der Waals surface area (Å²) >= 11 is 0. The van der Waals surface area contributed by atoms with Crippen LogP contribution in [0.5, 0.6) is 5.75 Å². The molecular formula is C22H18FN7O2. The average molecular weight is 431 g/mol. The predicted molar refractivity (Wildman–Crippen MR) is 119 cm³/mol. The summed E-state index contributed by atoms with van der Waals surface area (Å²) in [5.41, 5.74) is 2.57. The summed E-state index contributed by atoms with van der Waals surface area (Å²) in [6.45, 7) is 5.38. The van der Waals surface area contributed by atoms with E-state index < -0.39 is 11.7 Å². The van der Waals surface area contributed by atoms with Crippen molar-refractivity contribution in [2.45, 2.75) is 6.92 Å². The van der Waals surface area contributed by atoms with Gasteiger partial charge in [-0.3, -0.25) is 10.2 Å². The van der Waals surface area contributed by atoms with Crippen molar-refractivity contribution in [1.29, 1.82) is 5.41 Å². The van der Waals surface area contributed by atoms with Gasteiger partial charge in [-0.05, 0) is 37.9 Å². The third-order valence-corrected chi connectivity index (χ3v) is 4.72. The first-order valence-electron chi connectivity index (χ1n) is 9.55. The van der Waals surface area contributed by atoms with E-state index in [2.05, 4.69) is 37.5 Å². The Bertz CT molecular complexity index is 1260. The molecule has 0 bridgehead atoms. The van der Waals surface area contributed by atoms with E-state index in [0.29, 0.717) is 34.2 Å². The second-order valence-corrected chi connectivity index (χ2v) is 6.73. The lowest BCUT2D eigenvalue weighted by molar-refractivity contribution is 0.0999. The van der Waals surface area contributed by atoms with E-state index >= 15 is 0 Å². The van der Waals surface area contributed by atoms with Crippen LogP contribution in [0.15, 0.2) is 59.2 Å². The molecule has 0 unspecified atom stereocenters. The van der Waals surface area contributed by atoms with Crippen LogP contribution in [0.25, 0.3) is 0 Å². The number of halogens is 1. The standard InChI is InChI=1S/C22H18FN7O2/c1-3-12-11-32-21-14(19(12)24)5-4-6-15(21)27-16-9-18(29-30-20(16)22(31)25-2)28-17-8-7-13(23)10-26-17/h3-10,24H,2,11H2,1H3,(H2,26,27,28,29)/b12-3-,24-19?. The zero-order chi connectivity index (χ0) is 22.7. The minimum absolute atomic E-state index is 0.0461. The topological polar surface area (TPSA) is 125 Å². The third kappa shape index (κ3) is 4.06. The molecule has 1 amide bonds. The fourth-order valence-corrected chi connectivity index (χ4v) is 3.12. The van der Waals surface area contributed by atoms with E-state index in [0.717, 1.165) is 11.8 Å². The van der Waals surface area contributed by atoms with Crippen LogP contribution in [-0.2, 0) is 0 Å². The maximum atomic E-state index is 13.1. The van der Waals surface area contributed by atoms with Crippen molar-refractivity contribution in [3.05, 3.63) is 71.3 Å². The highest BCUT2D eigenvalue weighted by atomic mass is 19.1. The molecule has 3 aromatic rings. The van der Waals surface area contributed by atoms with E-state index in [9.17, 15) is 9.18 Å². The monoisotopic (exact) mass is 431 g/mol. The largest absolute Gasteiger partial charge is 0.486 e. The van der Waals surface area contributed by atoms with Gasteiger partial charge in [0.25, 0.3) is 5.91 Å². The number of fused-ring (bicyclic) bond motifs is 1. The van der Waals surface area contributed by atoms with Gasteiger partial charge in [-0.2, -0.15) is 0 Å². The number of benzene rings is 1. The minimum atomic E-state index is -0.666. The summed E-state index contributed by atoms with van der Waals surface area (Å²) in [6, 6.07) is 9.57. The number of carbonyl (C=O) groups excluding carboxylic acids is 1. The predicted octanol–water partition coefficient (Wildman–Crippen LogP) is 4.05. The second kappa shape index (κ2) is 8.72. The van der Waals surface area contributed by atoms with E-state index in [-0.39, 0.29) is 18.1 Å². The van der Waals surface area contributed by atoms with Gasteiger partial charge in [0.2, 0.25) is 0 Å². The molecule has 0 atom stereocenters. The van der Waals surface area contributed by atoms with Gasteiger partial charge in [0.15, 0.2) is 17.3 Å². The summed E-state index contributed by atoms with van der Waals surface area (Å²) in [4.78, 5) is 19.6. The Morgan fingerprint density at radius 1 is 1.22 bits per heavy atom. The fourth-order valence-electron chi connectivity index (χ4n) is 3.12. The highest BCUT2D eigenvalue weighted by Gasteiger charge is 2.23. The molecule has 160 valence electrons. The molecule has 32 heavy (non-hydrogen) atoms. The quantitative estimate of drug-likeness (QED) is 0.521. The van der Waals surface area contributed by atoms with Gasteiger partial charge < -0.3 is 15.4 Å². The maximum Gasteiger partial charge on any atom is 0.299 e. The molecule has 9 nitrogen and oxygen atoms in total. The number of nitrogens with one attached hydrogen (secondary N) is 3. The van der Waals surface area contributed by atoms with E-state index in [1.165, 1.54) is 12.1 Å². The molecule has 1 aliphatic rings. The van der Waals surface area contributed by atoms with Crippen molar-refractivity contribution in [3.8, 4) is 5.75 Å². The number of nitrogens with zero attached hydrogens (tertiary/aromatic N) is 4. The molecule has 4 rings (SSSR count). The minimum Gasteiger partial charge on any atom is -0.486 e. The van der Waals surface area contributed by atoms with Crippen LogP contribution in [0, 0.1) is 11.2 Å². The highest BCUT2D eigenvalue weighted by molar-refractivity contribution is 6.14. The molecule has 1 aliphatic heterocycles. The lowest BCUT2D eigenvalue weighted by Crippen LogP contribution is -2.20. The van der Waals surface area contributed by atoms with Crippen LogP contribution in [0.4, 0.5) is 27.4 Å². The molecule has 0 fully saturated rings. The molecular weight excluding hydrogens is 413 g/mol. The molecule has 3 heterocycles. The van der Waals surface area contributed by atoms with Crippen molar-refractivity contribution >= 4 is 41.3 Å².